The van der Waals surface area contributed by atoms with Crippen LogP contribution in [0, 0.1) is 0 Å². The van der Waals surface area contributed by atoms with Gasteiger partial charge in [0, 0.05) is 11.6 Å². The van der Waals surface area contributed by atoms with E-state index in [0.29, 0.717) is 10.4 Å². The molecule has 7 heteroatoms. The highest BCUT2D eigenvalue weighted by Crippen LogP contribution is 2.10. The van der Waals surface area contributed by atoms with Crippen LogP contribution in [0.4, 0.5) is 0 Å². The van der Waals surface area contributed by atoms with E-state index in [-0.39, 0.29) is 24.4 Å². The molecule has 2 N–H and O–H groups in total. The third-order valence-corrected chi connectivity index (χ3v) is 3.80. The van der Waals surface area contributed by atoms with Crippen LogP contribution < -0.4 is 16.4 Å². The Balaban J connectivity index is 1.77. The Kier molecular flexibility index (Phi) is 4.48. The SMILES string of the molecule is O=C(Cn1[nH]c(=O)c2ccccc2c1=O)NCc1cccc(Cl)c1. The topological polar surface area (TPSA) is 84.0 Å². The molecule has 0 aliphatic rings. The molecule has 0 bridgehead atoms. The second-order valence-corrected chi connectivity index (χ2v) is 5.72. The Morgan fingerprint density at radius 2 is 1.83 bits per heavy atom. The summed E-state index contributed by atoms with van der Waals surface area (Å²) in [5.74, 6) is -0.386. The van der Waals surface area contributed by atoms with Gasteiger partial charge in [-0.3, -0.25) is 19.5 Å². The van der Waals surface area contributed by atoms with Crippen molar-refractivity contribution < 1.29 is 4.79 Å². The van der Waals surface area contributed by atoms with E-state index in [9.17, 15) is 14.4 Å². The maximum absolute atomic E-state index is 12.3. The molecular weight excluding hydrogens is 330 g/mol. The highest BCUT2D eigenvalue weighted by molar-refractivity contribution is 6.30. The average Bonchev–Trinajstić information content (AvgIpc) is 2.58. The second kappa shape index (κ2) is 6.72. The molecule has 1 aromatic heterocycles. The first-order valence-electron chi connectivity index (χ1n) is 7.27. The van der Waals surface area contributed by atoms with Gasteiger partial charge >= 0.3 is 0 Å². The van der Waals surface area contributed by atoms with Crippen molar-refractivity contribution in [2.24, 2.45) is 0 Å². The summed E-state index contributed by atoms with van der Waals surface area (Å²) in [7, 11) is 0. The number of hydrogen-bond donors (Lipinski definition) is 2. The number of aromatic nitrogens is 2. The Hall–Kier alpha value is -2.86. The lowest BCUT2D eigenvalue weighted by Gasteiger charge is -2.08. The average molecular weight is 344 g/mol. The molecule has 3 aromatic rings. The molecule has 3 rings (SSSR count). The monoisotopic (exact) mass is 343 g/mol. The number of H-pyrrole nitrogens is 1. The number of nitrogens with zero attached hydrogens (tertiary/aromatic N) is 1. The Labute approximate surface area is 141 Å². The number of amides is 1. The van der Waals surface area contributed by atoms with Crippen LogP contribution in [0.15, 0.2) is 58.1 Å². The minimum Gasteiger partial charge on any atom is -0.350 e. The third-order valence-electron chi connectivity index (χ3n) is 3.56. The molecule has 0 saturated heterocycles. The first-order valence-corrected chi connectivity index (χ1v) is 7.65. The molecule has 0 spiro atoms. The molecule has 0 unspecified atom stereocenters. The van der Waals surface area contributed by atoms with Crippen LogP contribution in [0.1, 0.15) is 5.56 Å². The molecule has 0 saturated carbocycles. The molecule has 0 aliphatic heterocycles. The molecule has 1 heterocycles. The largest absolute Gasteiger partial charge is 0.350 e. The van der Waals surface area contributed by atoms with E-state index in [0.717, 1.165) is 10.2 Å². The Bertz CT molecular complexity index is 1020. The predicted octanol–water partition coefficient (Wildman–Crippen LogP) is 1.66. The smallest absolute Gasteiger partial charge is 0.273 e. The highest BCUT2D eigenvalue weighted by Gasteiger charge is 2.10. The summed E-state index contributed by atoms with van der Waals surface area (Å²) >= 11 is 5.89. The highest BCUT2D eigenvalue weighted by atomic mass is 35.5. The summed E-state index contributed by atoms with van der Waals surface area (Å²) in [4.78, 5) is 36.4. The van der Waals surface area contributed by atoms with Gasteiger partial charge in [0.1, 0.15) is 6.54 Å². The second-order valence-electron chi connectivity index (χ2n) is 5.28. The normalized spacial score (nSPS) is 10.7. The molecule has 2 aromatic carbocycles. The number of aromatic amines is 1. The molecular formula is C17H14ClN3O3. The minimum absolute atomic E-state index is 0.264. The summed E-state index contributed by atoms with van der Waals surface area (Å²) < 4.78 is 1.01. The fourth-order valence-electron chi connectivity index (χ4n) is 2.40. The van der Waals surface area contributed by atoms with Crippen molar-refractivity contribution in [1.82, 2.24) is 15.1 Å². The van der Waals surface area contributed by atoms with Crippen molar-refractivity contribution in [3.05, 3.63) is 79.8 Å². The quantitative estimate of drug-likeness (QED) is 0.755. The number of benzene rings is 2. The van der Waals surface area contributed by atoms with Crippen molar-refractivity contribution in [3.8, 4) is 0 Å². The van der Waals surface area contributed by atoms with Crippen LogP contribution in [-0.2, 0) is 17.9 Å². The van der Waals surface area contributed by atoms with Crippen LogP contribution in [0.3, 0.4) is 0 Å². The maximum atomic E-state index is 12.3. The van der Waals surface area contributed by atoms with Crippen LogP contribution in [0.2, 0.25) is 5.02 Å². The number of carbonyl (C=O) groups is 1. The fraction of sp³-hybridized carbons (Fsp3) is 0.118. The van der Waals surface area contributed by atoms with Gasteiger partial charge in [0.15, 0.2) is 0 Å². The summed E-state index contributed by atoms with van der Waals surface area (Å²) in [6.45, 7) is 0.0193. The van der Waals surface area contributed by atoms with Crippen LogP contribution in [-0.4, -0.2) is 15.7 Å². The zero-order chi connectivity index (χ0) is 17.1. The molecule has 0 aliphatic carbocycles. The summed E-state index contributed by atoms with van der Waals surface area (Å²) in [5, 5.41) is 6.28. The standard InChI is InChI=1S/C17H14ClN3O3/c18-12-5-3-4-11(8-12)9-19-15(22)10-21-17(24)14-7-2-1-6-13(14)16(23)20-21/h1-8H,9-10H2,(H,19,22)(H,20,23). The summed E-state index contributed by atoms with van der Waals surface area (Å²) in [6.07, 6.45) is 0. The van der Waals surface area contributed by atoms with Crippen molar-refractivity contribution in [3.63, 3.8) is 0 Å². The van der Waals surface area contributed by atoms with Crippen LogP contribution in [0.5, 0.6) is 0 Å². The number of nitrogens with one attached hydrogen (secondary N) is 2. The summed E-state index contributed by atoms with van der Waals surface area (Å²) in [5.41, 5.74) is 0.0196. The van der Waals surface area contributed by atoms with Gasteiger partial charge in [0.2, 0.25) is 5.91 Å². The predicted molar refractivity (Wildman–Crippen MR) is 92.1 cm³/mol. The van der Waals surface area contributed by atoms with Gasteiger partial charge in [-0.1, -0.05) is 35.9 Å². The number of rotatable bonds is 4. The lowest BCUT2D eigenvalue weighted by atomic mass is 10.2. The van der Waals surface area contributed by atoms with Crippen molar-refractivity contribution in [1.29, 1.82) is 0 Å². The maximum Gasteiger partial charge on any atom is 0.273 e. The minimum atomic E-state index is -0.414. The van der Waals surface area contributed by atoms with Gasteiger partial charge in [0.25, 0.3) is 11.1 Å². The van der Waals surface area contributed by atoms with Gasteiger partial charge in [0.05, 0.1) is 10.8 Å². The number of fused-ring (bicyclic) bond motifs is 1. The van der Waals surface area contributed by atoms with Crippen molar-refractivity contribution >= 4 is 28.3 Å². The zero-order valence-electron chi connectivity index (χ0n) is 12.6. The molecule has 24 heavy (non-hydrogen) atoms. The van der Waals surface area contributed by atoms with Gasteiger partial charge < -0.3 is 5.32 Å². The molecule has 1 amide bonds. The Morgan fingerprint density at radius 1 is 1.08 bits per heavy atom. The lowest BCUT2D eigenvalue weighted by Crippen LogP contribution is -2.36. The van der Waals surface area contributed by atoms with E-state index in [1.54, 1.807) is 42.5 Å². The van der Waals surface area contributed by atoms with Gasteiger partial charge in [-0.25, -0.2) is 4.68 Å². The third kappa shape index (κ3) is 3.38. The zero-order valence-corrected chi connectivity index (χ0v) is 13.3. The number of carbonyl (C=O) groups excluding carboxylic acids is 1. The van der Waals surface area contributed by atoms with E-state index in [4.69, 9.17) is 11.6 Å². The summed E-state index contributed by atoms with van der Waals surface area (Å²) in [6, 6.07) is 13.6. The molecule has 6 nitrogen and oxygen atoms in total. The van der Waals surface area contributed by atoms with Gasteiger partial charge in [-0.15, -0.1) is 0 Å². The van der Waals surface area contributed by atoms with Gasteiger partial charge in [-0.05, 0) is 29.8 Å². The Morgan fingerprint density at radius 3 is 2.58 bits per heavy atom. The fourth-order valence-corrected chi connectivity index (χ4v) is 2.62. The molecule has 0 atom stereocenters. The number of hydrogen-bond acceptors (Lipinski definition) is 3. The van der Waals surface area contributed by atoms with Crippen molar-refractivity contribution in [2.45, 2.75) is 13.1 Å². The first kappa shape index (κ1) is 16.0. The van der Waals surface area contributed by atoms with E-state index < -0.39 is 11.1 Å². The van der Waals surface area contributed by atoms with E-state index in [2.05, 4.69) is 10.4 Å². The van der Waals surface area contributed by atoms with Crippen LogP contribution >= 0.6 is 11.6 Å². The molecule has 0 fully saturated rings. The molecule has 122 valence electrons. The molecule has 0 radical (unpaired) electrons. The van der Waals surface area contributed by atoms with E-state index in [1.807, 2.05) is 6.07 Å². The van der Waals surface area contributed by atoms with Crippen LogP contribution in [0.25, 0.3) is 10.8 Å². The van der Waals surface area contributed by atoms with E-state index >= 15 is 0 Å². The number of halogens is 1. The van der Waals surface area contributed by atoms with Gasteiger partial charge in [-0.2, -0.15) is 0 Å². The first-order chi connectivity index (χ1) is 11.5. The van der Waals surface area contributed by atoms with Crippen molar-refractivity contribution in [2.75, 3.05) is 0 Å². The van der Waals surface area contributed by atoms with E-state index in [1.165, 1.54) is 0 Å². The lowest BCUT2D eigenvalue weighted by molar-refractivity contribution is -0.122.